The number of carbonyl (C=O) groups is 3. The smallest absolute Gasteiger partial charge is 0.314 e. The van der Waals surface area contributed by atoms with E-state index in [0.29, 0.717) is 13.0 Å². The highest BCUT2D eigenvalue weighted by molar-refractivity contribution is 6.39. The summed E-state index contributed by atoms with van der Waals surface area (Å²) in [5.41, 5.74) is 5.25. The third-order valence-corrected chi connectivity index (χ3v) is 3.53. The van der Waals surface area contributed by atoms with Gasteiger partial charge in [-0.2, -0.15) is 0 Å². The van der Waals surface area contributed by atoms with Crippen LogP contribution in [-0.2, 0) is 9.59 Å². The van der Waals surface area contributed by atoms with Gasteiger partial charge in [0.2, 0.25) is 0 Å². The number of nitrogens with two attached hydrogens (primary N) is 1. The van der Waals surface area contributed by atoms with Gasteiger partial charge in [-0.3, -0.25) is 9.59 Å². The maximum Gasteiger partial charge on any atom is 0.314 e. The molecule has 118 valence electrons. The first-order valence-electron chi connectivity index (χ1n) is 6.48. The molecule has 2 rings (SSSR count). The van der Waals surface area contributed by atoms with E-state index in [1.165, 1.54) is 17.0 Å². The molecule has 1 atom stereocenters. The monoisotopic (exact) mass is 328 g/mol. The second kappa shape index (κ2) is 6.61. The third-order valence-electron chi connectivity index (χ3n) is 3.22. The van der Waals surface area contributed by atoms with Crippen molar-refractivity contribution in [2.45, 2.75) is 12.5 Å². The Kier molecular flexibility index (Phi) is 4.81. The molecule has 0 radical (unpaired) electrons. The molecule has 1 aliphatic heterocycles. The molecule has 0 saturated carbocycles. The average Bonchev–Trinajstić information content (AvgIpc) is 2.91. The van der Waals surface area contributed by atoms with Crippen LogP contribution >= 0.6 is 11.6 Å². The summed E-state index contributed by atoms with van der Waals surface area (Å²) < 4.78 is 13.2. The minimum atomic E-state index is -0.931. The zero-order chi connectivity index (χ0) is 16.3. The van der Waals surface area contributed by atoms with Gasteiger partial charge < -0.3 is 21.3 Å². The van der Waals surface area contributed by atoms with Gasteiger partial charge >= 0.3 is 17.8 Å². The Morgan fingerprint density at radius 3 is 2.64 bits per heavy atom. The Balaban J connectivity index is 1.88. The zero-order valence-corrected chi connectivity index (χ0v) is 12.2. The number of carbonyl (C=O) groups excluding carboxylic acids is 3. The summed E-state index contributed by atoms with van der Waals surface area (Å²) in [6.45, 7) is 0.675. The van der Waals surface area contributed by atoms with Gasteiger partial charge in [-0.15, -0.1) is 0 Å². The highest BCUT2D eigenvalue weighted by atomic mass is 35.5. The molecule has 1 aromatic rings. The van der Waals surface area contributed by atoms with Crippen molar-refractivity contribution in [3.8, 4) is 0 Å². The number of likely N-dealkylation sites (tertiary alicyclic amines) is 1. The minimum Gasteiger partial charge on any atom is -0.351 e. The second-order valence-electron chi connectivity index (χ2n) is 4.83. The molecular weight excluding hydrogens is 315 g/mol. The Bertz CT molecular complexity index is 625. The molecule has 1 heterocycles. The van der Waals surface area contributed by atoms with Gasteiger partial charge in [-0.1, -0.05) is 11.6 Å². The maximum atomic E-state index is 13.2. The molecule has 4 amide bonds. The van der Waals surface area contributed by atoms with Crippen LogP contribution in [0.2, 0.25) is 5.02 Å². The lowest BCUT2D eigenvalue weighted by molar-refractivity contribution is -0.136. The van der Waals surface area contributed by atoms with Crippen molar-refractivity contribution >= 4 is 35.1 Å². The molecule has 22 heavy (non-hydrogen) atoms. The number of nitrogens with zero attached hydrogens (tertiary/aromatic N) is 1. The summed E-state index contributed by atoms with van der Waals surface area (Å²) in [6.07, 6.45) is 0.511. The normalized spacial score (nSPS) is 17.2. The van der Waals surface area contributed by atoms with E-state index >= 15 is 0 Å². The fraction of sp³-hybridized carbons (Fsp3) is 0.308. The summed E-state index contributed by atoms with van der Waals surface area (Å²) in [5.74, 6) is -2.50. The number of amides is 4. The Labute approximate surface area is 130 Å². The van der Waals surface area contributed by atoms with E-state index in [0.717, 1.165) is 6.07 Å². The number of hydrogen-bond donors (Lipinski definition) is 3. The molecular formula is C13H14ClFN4O3. The van der Waals surface area contributed by atoms with Crippen LogP contribution < -0.4 is 16.4 Å². The van der Waals surface area contributed by atoms with Crippen LogP contribution in [0.15, 0.2) is 18.2 Å². The Hall–Kier alpha value is -2.35. The maximum absolute atomic E-state index is 13.2. The van der Waals surface area contributed by atoms with E-state index < -0.39 is 23.7 Å². The first kappa shape index (κ1) is 16.0. The van der Waals surface area contributed by atoms with E-state index in [9.17, 15) is 18.8 Å². The molecule has 9 heteroatoms. The number of rotatable bonds is 2. The van der Waals surface area contributed by atoms with Crippen molar-refractivity contribution in [2.24, 2.45) is 5.73 Å². The van der Waals surface area contributed by atoms with Crippen LogP contribution in [0.25, 0.3) is 0 Å². The van der Waals surface area contributed by atoms with E-state index in [2.05, 4.69) is 10.6 Å². The SMILES string of the molecule is NC(=O)N1CC[C@@H](NC(=O)C(=O)Nc2ccc(Cl)c(F)c2)C1. The lowest BCUT2D eigenvalue weighted by Gasteiger charge is -2.14. The summed E-state index contributed by atoms with van der Waals surface area (Å²) >= 11 is 5.52. The van der Waals surface area contributed by atoms with Gasteiger partial charge in [0.1, 0.15) is 5.82 Å². The highest BCUT2D eigenvalue weighted by Crippen LogP contribution is 2.18. The molecule has 7 nitrogen and oxygen atoms in total. The van der Waals surface area contributed by atoms with Crippen molar-refractivity contribution in [1.82, 2.24) is 10.2 Å². The van der Waals surface area contributed by atoms with Crippen molar-refractivity contribution < 1.29 is 18.8 Å². The average molecular weight is 329 g/mol. The van der Waals surface area contributed by atoms with E-state index in [-0.39, 0.29) is 23.3 Å². The lowest BCUT2D eigenvalue weighted by Crippen LogP contribution is -2.44. The predicted octanol–water partition coefficient (Wildman–Crippen LogP) is 0.687. The Morgan fingerprint density at radius 2 is 2.05 bits per heavy atom. The van der Waals surface area contributed by atoms with Gasteiger partial charge in [-0.25, -0.2) is 9.18 Å². The summed E-state index contributed by atoms with van der Waals surface area (Å²) in [6, 6.07) is 2.75. The molecule has 0 spiro atoms. The van der Waals surface area contributed by atoms with Crippen LogP contribution in [0, 0.1) is 5.82 Å². The van der Waals surface area contributed by atoms with Crippen LogP contribution in [0.1, 0.15) is 6.42 Å². The number of halogens is 2. The van der Waals surface area contributed by atoms with Crippen LogP contribution in [-0.4, -0.2) is 41.9 Å². The van der Waals surface area contributed by atoms with Crippen LogP contribution in [0.4, 0.5) is 14.9 Å². The van der Waals surface area contributed by atoms with Gasteiger partial charge in [-0.05, 0) is 24.6 Å². The number of urea groups is 1. The molecule has 0 aliphatic carbocycles. The lowest BCUT2D eigenvalue weighted by atomic mass is 10.2. The summed E-state index contributed by atoms with van der Waals surface area (Å²) in [5, 5.41) is 4.67. The third kappa shape index (κ3) is 3.85. The number of benzene rings is 1. The predicted molar refractivity (Wildman–Crippen MR) is 77.7 cm³/mol. The highest BCUT2D eigenvalue weighted by Gasteiger charge is 2.27. The van der Waals surface area contributed by atoms with Crippen molar-refractivity contribution in [2.75, 3.05) is 18.4 Å². The van der Waals surface area contributed by atoms with Crippen LogP contribution in [0.3, 0.4) is 0 Å². The van der Waals surface area contributed by atoms with Crippen molar-refractivity contribution in [3.63, 3.8) is 0 Å². The van der Waals surface area contributed by atoms with Crippen molar-refractivity contribution in [3.05, 3.63) is 29.0 Å². The fourth-order valence-corrected chi connectivity index (χ4v) is 2.21. The number of primary amides is 1. The first-order valence-corrected chi connectivity index (χ1v) is 6.86. The number of nitrogens with one attached hydrogen (secondary N) is 2. The summed E-state index contributed by atoms with van der Waals surface area (Å²) in [4.78, 5) is 35.8. The van der Waals surface area contributed by atoms with Gasteiger partial charge in [0, 0.05) is 24.8 Å². The quantitative estimate of drug-likeness (QED) is 0.695. The topological polar surface area (TPSA) is 105 Å². The van der Waals surface area contributed by atoms with Crippen LogP contribution in [0.5, 0.6) is 0 Å². The molecule has 0 bridgehead atoms. The largest absolute Gasteiger partial charge is 0.351 e. The van der Waals surface area contributed by atoms with Gasteiger partial charge in [0.15, 0.2) is 0 Å². The first-order chi connectivity index (χ1) is 10.4. The summed E-state index contributed by atoms with van der Waals surface area (Å²) in [7, 11) is 0. The molecule has 1 aliphatic rings. The Morgan fingerprint density at radius 1 is 1.32 bits per heavy atom. The van der Waals surface area contributed by atoms with E-state index in [1.54, 1.807) is 0 Å². The van der Waals surface area contributed by atoms with Gasteiger partial charge in [0.25, 0.3) is 0 Å². The van der Waals surface area contributed by atoms with Gasteiger partial charge in [0.05, 0.1) is 5.02 Å². The zero-order valence-electron chi connectivity index (χ0n) is 11.4. The molecule has 0 aromatic heterocycles. The molecule has 1 fully saturated rings. The standard InChI is InChI=1S/C13H14ClFN4O3/c14-9-2-1-7(5-10(9)15)17-11(20)12(21)18-8-3-4-19(6-8)13(16)22/h1-2,5,8H,3-4,6H2,(H2,16,22)(H,17,20)(H,18,21)/t8-/m1/s1. The minimum absolute atomic E-state index is 0.0834. The molecule has 1 aromatic carbocycles. The second-order valence-corrected chi connectivity index (χ2v) is 5.23. The number of anilines is 1. The van der Waals surface area contributed by atoms with Crippen molar-refractivity contribution in [1.29, 1.82) is 0 Å². The fourth-order valence-electron chi connectivity index (χ4n) is 2.09. The van der Waals surface area contributed by atoms with E-state index in [1.807, 2.05) is 0 Å². The van der Waals surface area contributed by atoms with E-state index in [4.69, 9.17) is 17.3 Å². The molecule has 4 N–H and O–H groups in total. The molecule has 0 unspecified atom stereocenters. The molecule has 1 saturated heterocycles. The number of hydrogen-bond acceptors (Lipinski definition) is 3.